The Kier molecular flexibility index (Phi) is 3.65. The summed E-state index contributed by atoms with van der Waals surface area (Å²) in [5.41, 5.74) is 1.35. The van der Waals surface area contributed by atoms with Crippen molar-refractivity contribution in [2.24, 2.45) is 0 Å². The lowest BCUT2D eigenvalue weighted by Crippen LogP contribution is -2.17. The van der Waals surface area contributed by atoms with E-state index in [9.17, 15) is 4.39 Å². The van der Waals surface area contributed by atoms with Gasteiger partial charge in [0.2, 0.25) is 0 Å². The normalized spacial score (nSPS) is 12.5. The molecule has 2 heterocycles. The van der Waals surface area contributed by atoms with E-state index in [1.54, 1.807) is 23.6 Å². The van der Waals surface area contributed by atoms with Gasteiger partial charge in [-0.2, -0.15) is 0 Å². The predicted molar refractivity (Wildman–Crippen MR) is 82.8 cm³/mol. The summed E-state index contributed by atoms with van der Waals surface area (Å²) in [6.07, 6.45) is 2.60. The molecule has 0 saturated heterocycles. The molecule has 102 valence electrons. The van der Waals surface area contributed by atoms with Crippen LogP contribution >= 0.6 is 11.3 Å². The lowest BCUT2D eigenvalue weighted by Gasteiger charge is -2.16. The van der Waals surface area contributed by atoms with Gasteiger partial charge < -0.3 is 5.32 Å². The van der Waals surface area contributed by atoms with E-state index >= 15 is 0 Å². The zero-order chi connectivity index (χ0) is 13.9. The van der Waals surface area contributed by atoms with Crippen molar-refractivity contribution in [2.45, 2.75) is 19.4 Å². The number of anilines is 1. The highest BCUT2D eigenvalue weighted by Gasteiger charge is 2.09. The van der Waals surface area contributed by atoms with Crippen LogP contribution in [0.3, 0.4) is 0 Å². The van der Waals surface area contributed by atoms with E-state index in [0.717, 1.165) is 17.5 Å². The number of thiophene rings is 1. The molecule has 0 spiro atoms. The average Bonchev–Trinajstić information content (AvgIpc) is 2.93. The van der Waals surface area contributed by atoms with Crippen LogP contribution in [0.4, 0.5) is 10.1 Å². The molecule has 3 rings (SSSR count). The Hall–Kier alpha value is -1.94. The van der Waals surface area contributed by atoms with Crippen molar-refractivity contribution in [3.63, 3.8) is 0 Å². The molecule has 20 heavy (non-hydrogen) atoms. The van der Waals surface area contributed by atoms with Gasteiger partial charge in [-0.25, -0.2) is 4.39 Å². The van der Waals surface area contributed by atoms with Gasteiger partial charge in [0.25, 0.3) is 0 Å². The number of hydrogen-bond donors (Lipinski definition) is 1. The number of halogens is 1. The number of nitrogens with one attached hydrogen (secondary N) is 1. The molecule has 0 bridgehead atoms. The minimum Gasteiger partial charge on any atom is -0.382 e. The Bertz CT molecular complexity index is 710. The molecule has 1 aromatic carbocycles. The van der Waals surface area contributed by atoms with Crippen LogP contribution in [0.5, 0.6) is 0 Å². The first-order valence-corrected chi connectivity index (χ1v) is 7.44. The number of benzene rings is 1. The molecule has 1 unspecified atom stereocenters. The molecule has 2 aromatic heterocycles. The molecule has 0 aliphatic rings. The van der Waals surface area contributed by atoms with Gasteiger partial charge in [0.15, 0.2) is 0 Å². The van der Waals surface area contributed by atoms with Crippen LogP contribution < -0.4 is 5.32 Å². The van der Waals surface area contributed by atoms with E-state index in [0.29, 0.717) is 5.52 Å². The monoisotopic (exact) mass is 286 g/mol. The molecule has 0 saturated carbocycles. The fourth-order valence-corrected chi connectivity index (χ4v) is 3.15. The van der Waals surface area contributed by atoms with Crippen molar-refractivity contribution >= 4 is 27.9 Å². The standard InChI is InChI=1S/C16H15FN2S/c1-11(10-12-4-3-9-20-12)19-15-7-8-18-16-13(15)5-2-6-14(16)17/h2-9,11H,10H2,1H3,(H,18,19). The summed E-state index contributed by atoms with van der Waals surface area (Å²) in [5, 5.41) is 6.36. The van der Waals surface area contributed by atoms with E-state index in [1.165, 1.54) is 10.9 Å². The topological polar surface area (TPSA) is 24.9 Å². The summed E-state index contributed by atoms with van der Waals surface area (Å²) in [7, 11) is 0. The summed E-state index contributed by atoms with van der Waals surface area (Å²) in [5.74, 6) is -0.281. The van der Waals surface area contributed by atoms with Gasteiger partial charge in [-0.05, 0) is 30.5 Å². The zero-order valence-corrected chi connectivity index (χ0v) is 12.0. The first-order chi connectivity index (χ1) is 9.74. The van der Waals surface area contributed by atoms with E-state index < -0.39 is 0 Å². The number of hydrogen-bond acceptors (Lipinski definition) is 3. The molecule has 0 aliphatic heterocycles. The Morgan fingerprint density at radius 1 is 1.25 bits per heavy atom. The first-order valence-electron chi connectivity index (χ1n) is 6.56. The van der Waals surface area contributed by atoms with Crippen LogP contribution in [0.15, 0.2) is 48.0 Å². The second-order valence-corrected chi connectivity index (χ2v) is 5.86. The highest BCUT2D eigenvalue weighted by Crippen LogP contribution is 2.24. The molecule has 1 atom stereocenters. The number of aromatic nitrogens is 1. The Balaban J connectivity index is 1.85. The fourth-order valence-electron chi connectivity index (χ4n) is 2.31. The summed E-state index contributed by atoms with van der Waals surface area (Å²) in [4.78, 5) is 5.45. The van der Waals surface area contributed by atoms with Gasteiger partial charge in [0.1, 0.15) is 11.3 Å². The third-order valence-electron chi connectivity index (χ3n) is 3.21. The van der Waals surface area contributed by atoms with Crippen molar-refractivity contribution in [1.82, 2.24) is 4.98 Å². The van der Waals surface area contributed by atoms with Crippen LogP contribution in [0.2, 0.25) is 0 Å². The smallest absolute Gasteiger partial charge is 0.149 e. The summed E-state index contributed by atoms with van der Waals surface area (Å²) in [6.45, 7) is 2.13. The summed E-state index contributed by atoms with van der Waals surface area (Å²) >= 11 is 1.76. The van der Waals surface area contributed by atoms with Gasteiger partial charge in [-0.15, -0.1) is 11.3 Å². The third-order valence-corrected chi connectivity index (χ3v) is 4.11. The Labute approximate surface area is 121 Å². The number of nitrogens with zero attached hydrogens (tertiary/aromatic N) is 1. The van der Waals surface area contributed by atoms with Gasteiger partial charge in [-0.1, -0.05) is 18.2 Å². The molecule has 4 heteroatoms. The zero-order valence-electron chi connectivity index (χ0n) is 11.1. The van der Waals surface area contributed by atoms with Gasteiger partial charge in [0.05, 0.1) is 0 Å². The van der Waals surface area contributed by atoms with Crippen LogP contribution in [-0.4, -0.2) is 11.0 Å². The molecule has 3 aromatic rings. The Morgan fingerprint density at radius 2 is 2.15 bits per heavy atom. The molecule has 0 radical (unpaired) electrons. The van der Waals surface area contributed by atoms with Gasteiger partial charge in [0, 0.05) is 34.6 Å². The Morgan fingerprint density at radius 3 is 2.95 bits per heavy atom. The van der Waals surface area contributed by atoms with Gasteiger partial charge in [-0.3, -0.25) is 4.98 Å². The van der Waals surface area contributed by atoms with Crippen molar-refractivity contribution in [3.05, 3.63) is 58.7 Å². The predicted octanol–water partition coefficient (Wildman–Crippen LogP) is 4.48. The molecule has 0 fully saturated rings. The molecular weight excluding hydrogens is 271 g/mol. The van der Waals surface area contributed by atoms with E-state index in [4.69, 9.17) is 0 Å². The number of fused-ring (bicyclic) bond motifs is 1. The van der Waals surface area contributed by atoms with Crippen LogP contribution in [0.1, 0.15) is 11.8 Å². The van der Waals surface area contributed by atoms with E-state index in [2.05, 4.69) is 34.7 Å². The summed E-state index contributed by atoms with van der Waals surface area (Å²) in [6, 6.07) is 11.4. The third kappa shape index (κ3) is 2.65. The van der Waals surface area contributed by atoms with E-state index in [-0.39, 0.29) is 11.9 Å². The second-order valence-electron chi connectivity index (χ2n) is 4.82. The van der Waals surface area contributed by atoms with E-state index in [1.807, 2.05) is 12.1 Å². The highest BCUT2D eigenvalue weighted by atomic mass is 32.1. The van der Waals surface area contributed by atoms with Crippen molar-refractivity contribution in [3.8, 4) is 0 Å². The maximum Gasteiger partial charge on any atom is 0.149 e. The number of rotatable bonds is 4. The average molecular weight is 286 g/mol. The lowest BCUT2D eigenvalue weighted by molar-refractivity contribution is 0.637. The SMILES string of the molecule is CC(Cc1cccs1)Nc1ccnc2c(F)cccc12. The minimum absolute atomic E-state index is 0.280. The van der Waals surface area contributed by atoms with Crippen LogP contribution in [-0.2, 0) is 6.42 Å². The fraction of sp³-hybridized carbons (Fsp3) is 0.188. The van der Waals surface area contributed by atoms with Crippen LogP contribution in [0.25, 0.3) is 10.9 Å². The number of pyridine rings is 1. The van der Waals surface area contributed by atoms with Crippen molar-refractivity contribution < 1.29 is 4.39 Å². The van der Waals surface area contributed by atoms with Crippen molar-refractivity contribution in [2.75, 3.05) is 5.32 Å². The van der Waals surface area contributed by atoms with Crippen LogP contribution in [0, 0.1) is 5.82 Å². The molecule has 0 amide bonds. The molecule has 1 N–H and O–H groups in total. The minimum atomic E-state index is -0.281. The van der Waals surface area contributed by atoms with Crippen molar-refractivity contribution in [1.29, 1.82) is 0 Å². The quantitative estimate of drug-likeness (QED) is 0.765. The number of para-hydroxylation sites is 1. The lowest BCUT2D eigenvalue weighted by atomic mass is 10.1. The molecule has 2 nitrogen and oxygen atoms in total. The molecule has 0 aliphatic carbocycles. The maximum atomic E-state index is 13.7. The summed E-state index contributed by atoms with van der Waals surface area (Å²) < 4.78 is 13.7. The maximum absolute atomic E-state index is 13.7. The largest absolute Gasteiger partial charge is 0.382 e. The first kappa shape index (κ1) is 13.1. The molecular formula is C16H15FN2S. The second kappa shape index (κ2) is 5.59. The highest BCUT2D eigenvalue weighted by molar-refractivity contribution is 7.09. The van der Waals surface area contributed by atoms with Gasteiger partial charge >= 0.3 is 0 Å².